The van der Waals surface area contributed by atoms with E-state index in [2.05, 4.69) is 10.6 Å². The number of carbonyl (C=O) groups is 7. The highest BCUT2D eigenvalue weighted by atomic mass is 16.6. The number of nitrogens with one attached hydrogen (secondary N) is 2. The van der Waals surface area contributed by atoms with Crippen LogP contribution in [0.4, 0.5) is 9.59 Å². The summed E-state index contributed by atoms with van der Waals surface area (Å²) < 4.78 is 11.1. The van der Waals surface area contributed by atoms with Crippen LogP contribution in [0.1, 0.15) is 137 Å². The third kappa shape index (κ3) is 19.3. The van der Waals surface area contributed by atoms with Gasteiger partial charge < -0.3 is 40.7 Å². The van der Waals surface area contributed by atoms with Crippen molar-refractivity contribution >= 4 is 41.5 Å². The van der Waals surface area contributed by atoms with E-state index in [1.165, 1.54) is 4.90 Å². The number of carbonyl (C=O) groups excluding carboxylic acids is 6. The first kappa shape index (κ1) is 55.0. The van der Waals surface area contributed by atoms with E-state index in [1.807, 2.05) is 81.4 Å². The number of alkyl carbamates (subject to hydrolysis) is 1. The zero-order valence-corrected chi connectivity index (χ0v) is 40.9. The number of nitrogens with zero attached hydrogens (tertiary/aromatic N) is 2. The first-order valence-corrected chi connectivity index (χ1v) is 23.6. The number of unbranched alkanes of at least 4 members (excludes halogenated alkanes) is 1. The molecule has 0 radical (unpaired) electrons. The predicted octanol–water partition coefficient (Wildman–Crippen LogP) is 7.44. The topological polar surface area (TPSA) is 215 Å². The minimum atomic E-state index is -1.45. The highest BCUT2D eigenvalue weighted by molar-refractivity contribution is 5.95. The summed E-state index contributed by atoms with van der Waals surface area (Å²) in [5.41, 5.74) is 5.03. The lowest BCUT2D eigenvalue weighted by atomic mass is 9.86. The van der Waals surface area contributed by atoms with Gasteiger partial charge in [0.15, 0.2) is 11.6 Å². The molecule has 1 heterocycles. The Morgan fingerprint density at radius 1 is 0.833 bits per heavy atom. The van der Waals surface area contributed by atoms with Crippen LogP contribution in [0.15, 0.2) is 60.7 Å². The molecule has 15 nitrogen and oxygen atoms in total. The van der Waals surface area contributed by atoms with Gasteiger partial charge in [-0.1, -0.05) is 87.9 Å². The molecule has 0 saturated carbocycles. The van der Waals surface area contributed by atoms with Crippen molar-refractivity contribution in [2.45, 2.75) is 155 Å². The molecule has 366 valence electrons. The van der Waals surface area contributed by atoms with E-state index in [1.54, 1.807) is 46.4 Å². The standard InChI is InChI=1S/C51H77N5O10/c1-10-37(38-21-15-12-16-22-38)33-56(48(64)66-50(7,8)9)34-41(57)31-40(30-36-19-13-11-14-20-36)44(59)54-42(29-35(2)3)43(58)32-39(23-17-18-26-53-47(63)65-49(4,5)6)45(60)55-27-24-51(52,25-28-55)46(61)62/h11-16,19-22,35,37,39-40,42H,10,17-18,23-34,52H2,1-9H3,(H,53,63)(H,54,59)(H,61,62)/t37?,39-,40-,42+/m0/s1. The van der Waals surface area contributed by atoms with Gasteiger partial charge in [0.2, 0.25) is 11.8 Å². The molecule has 4 amide bonds. The lowest BCUT2D eigenvalue weighted by Gasteiger charge is -2.38. The zero-order valence-electron chi connectivity index (χ0n) is 40.9. The fourth-order valence-corrected chi connectivity index (χ4v) is 8.05. The van der Waals surface area contributed by atoms with Gasteiger partial charge in [0.25, 0.3) is 0 Å². The van der Waals surface area contributed by atoms with Crippen LogP contribution >= 0.6 is 0 Å². The van der Waals surface area contributed by atoms with Crippen LogP contribution in [-0.2, 0) is 39.9 Å². The van der Waals surface area contributed by atoms with E-state index in [0.29, 0.717) is 25.7 Å². The van der Waals surface area contributed by atoms with E-state index in [0.717, 1.165) is 11.1 Å². The van der Waals surface area contributed by atoms with E-state index < -0.39 is 58.7 Å². The molecule has 1 aliphatic rings. The molecule has 1 unspecified atom stereocenters. The Balaban J connectivity index is 1.86. The van der Waals surface area contributed by atoms with Crippen LogP contribution in [0.3, 0.4) is 0 Å². The molecule has 1 aliphatic heterocycles. The van der Waals surface area contributed by atoms with Gasteiger partial charge >= 0.3 is 18.2 Å². The minimum absolute atomic E-state index is 0.0316. The Morgan fingerprint density at radius 2 is 1.42 bits per heavy atom. The number of hydrogen-bond donors (Lipinski definition) is 4. The normalized spacial score (nSPS) is 15.7. The molecular formula is C51H77N5O10. The fraction of sp³-hybridized carbons (Fsp3) is 0.627. The molecule has 2 aromatic carbocycles. The number of likely N-dealkylation sites (tertiary alicyclic amines) is 1. The molecule has 15 heteroatoms. The summed E-state index contributed by atoms with van der Waals surface area (Å²) in [5.74, 6) is -4.40. The Bertz CT molecular complexity index is 1900. The molecule has 4 atom stereocenters. The van der Waals surface area contributed by atoms with Crippen LogP contribution in [-0.4, -0.2) is 112 Å². The third-order valence-electron chi connectivity index (χ3n) is 11.6. The Hall–Kier alpha value is -5.31. The number of benzene rings is 2. The largest absolute Gasteiger partial charge is 0.480 e. The van der Waals surface area contributed by atoms with Gasteiger partial charge in [-0.25, -0.2) is 9.59 Å². The van der Waals surface area contributed by atoms with Crippen molar-refractivity contribution in [3.8, 4) is 0 Å². The van der Waals surface area contributed by atoms with Gasteiger partial charge in [-0.2, -0.15) is 0 Å². The number of rotatable bonds is 24. The maximum absolute atomic E-state index is 14.5. The van der Waals surface area contributed by atoms with Crippen molar-refractivity contribution in [3.63, 3.8) is 0 Å². The number of Topliss-reactive ketones (excluding diaryl/α,β-unsaturated/α-hetero) is 2. The van der Waals surface area contributed by atoms with Crippen LogP contribution in [0.2, 0.25) is 0 Å². The average Bonchev–Trinajstić information content (AvgIpc) is 3.23. The van der Waals surface area contributed by atoms with Gasteiger partial charge in [-0.05, 0) is 104 Å². The van der Waals surface area contributed by atoms with Crippen LogP contribution in [0, 0.1) is 17.8 Å². The first-order chi connectivity index (χ1) is 30.9. The summed E-state index contributed by atoms with van der Waals surface area (Å²) in [7, 11) is 0. The van der Waals surface area contributed by atoms with Crippen molar-refractivity contribution in [2.24, 2.45) is 23.5 Å². The van der Waals surface area contributed by atoms with Gasteiger partial charge in [-0.3, -0.25) is 24.0 Å². The van der Waals surface area contributed by atoms with Crippen molar-refractivity contribution in [1.29, 1.82) is 0 Å². The molecule has 1 saturated heterocycles. The summed E-state index contributed by atoms with van der Waals surface area (Å²) in [6.07, 6.45) is 0.990. The number of nitrogens with two attached hydrogens (primary N) is 1. The van der Waals surface area contributed by atoms with Crippen LogP contribution in [0.5, 0.6) is 0 Å². The quantitative estimate of drug-likeness (QED) is 0.0760. The monoisotopic (exact) mass is 920 g/mol. The molecule has 1 fully saturated rings. The van der Waals surface area contributed by atoms with E-state index in [-0.39, 0.29) is 101 Å². The van der Waals surface area contributed by atoms with Crippen molar-refractivity contribution in [1.82, 2.24) is 20.4 Å². The highest BCUT2D eigenvalue weighted by Crippen LogP contribution is 2.27. The Kier molecular flexibility index (Phi) is 21.3. The highest BCUT2D eigenvalue weighted by Gasteiger charge is 2.41. The van der Waals surface area contributed by atoms with E-state index in [9.17, 15) is 38.7 Å². The molecule has 0 bridgehead atoms. The molecule has 0 spiro atoms. The molecular weight excluding hydrogens is 843 g/mol. The second-order valence-electron chi connectivity index (χ2n) is 20.3. The van der Waals surface area contributed by atoms with Gasteiger partial charge in [0.05, 0.1) is 12.6 Å². The lowest BCUT2D eigenvalue weighted by Crippen LogP contribution is -2.57. The van der Waals surface area contributed by atoms with Crippen molar-refractivity contribution in [2.75, 3.05) is 32.7 Å². The van der Waals surface area contributed by atoms with E-state index >= 15 is 0 Å². The Morgan fingerprint density at radius 3 is 1.97 bits per heavy atom. The van der Waals surface area contributed by atoms with Crippen molar-refractivity contribution in [3.05, 3.63) is 71.8 Å². The summed E-state index contributed by atoms with van der Waals surface area (Å²) in [6, 6.07) is 18.1. The molecule has 3 rings (SSSR count). The molecule has 0 aliphatic carbocycles. The maximum atomic E-state index is 14.5. The summed E-state index contributed by atoms with van der Waals surface area (Å²) >= 11 is 0. The number of aliphatic carboxylic acids is 1. The third-order valence-corrected chi connectivity index (χ3v) is 11.6. The number of carboxylic acid groups (broad SMARTS) is 1. The van der Waals surface area contributed by atoms with Crippen LogP contribution in [0.25, 0.3) is 0 Å². The molecule has 0 aromatic heterocycles. The number of ketones is 2. The van der Waals surface area contributed by atoms with Crippen LogP contribution < -0.4 is 16.4 Å². The Labute approximate surface area is 392 Å². The lowest BCUT2D eigenvalue weighted by molar-refractivity contribution is -0.149. The molecule has 5 N–H and O–H groups in total. The summed E-state index contributed by atoms with van der Waals surface area (Å²) in [4.78, 5) is 97.8. The fourth-order valence-electron chi connectivity index (χ4n) is 8.05. The second kappa shape index (κ2) is 25.6. The van der Waals surface area contributed by atoms with Gasteiger partial charge in [0.1, 0.15) is 16.7 Å². The minimum Gasteiger partial charge on any atom is -0.480 e. The number of carboxylic acids is 1. The molecule has 66 heavy (non-hydrogen) atoms. The number of hydrogen-bond acceptors (Lipinski definition) is 10. The van der Waals surface area contributed by atoms with Gasteiger partial charge in [0, 0.05) is 56.8 Å². The predicted molar refractivity (Wildman–Crippen MR) is 253 cm³/mol. The smallest absolute Gasteiger partial charge is 0.410 e. The van der Waals surface area contributed by atoms with Gasteiger partial charge in [-0.15, -0.1) is 0 Å². The number of amides is 4. The van der Waals surface area contributed by atoms with Crippen molar-refractivity contribution < 1.29 is 48.1 Å². The maximum Gasteiger partial charge on any atom is 0.410 e. The summed E-state index contributed by atoms with van der Waals surface area (Å²) in [6.45, 7) is 16.9. The number of ether oxygens (including phenoxy) is 2. The average molecular weight is 920 g/mol. The SMILES string of the molecule is CCC(CN(CC(=O)C[C@H](Cc1ccccc1)C(=O)N[C@H](CC(C)C)C(=O)C[C@H](CCCCNC(=O)OC(C)(C)C)C(=O)N1CCC(N)(C(=O)O)CC1)C(=O)OC(C)(C)C)c1ccccc1. The molecule has 2 aromatic rings. The zero-order chi connectivity index (χ0) is 49.2. The summed E-state index contributed by atoms with van der Waals surface area (Å²) in [5, 5.41) is 15.4. The second-order valence-corrected chi connectivity index (χ2v) is 20.3. The number of piperidine rings is 1. The first-order valence-electron chi connectivity index (χ1n) is 23.6. The van der Waals surface area contributed by atoms with E-state index in [4.69, 9.17) is 15.2 Å².